The largest absolute Gasteiger partial charge is 0.327 e. The number of nitrogens with zero attached hydrogens (tertiary/aromatic N) is 4. The summed E-state index contributed by atoms with van der Waals surface area (Å²) in [6.07, 6.45) is 0. The van der Waals surface area contributed by atoms with Crippen LogP contribution in [0.2, 0.25) is 0 Å². The summed E-state index contributed by atoms with van der Waals surface area (Å²) in [7, 11) is 1.92. The lowest BCUT2D eigenvalue weighted by atomic mass is 10.1. The lowest BCUT2D eigenvalue weighted by Crippen LogP contribution is -2.37. The van der Waals surface area contributed by atoms with Crippen molar-refractivity contribution in [2.24, 2.45) is 12.1 Å². The van der Waals surface area contributed by atoms with Gasteiger partial charge in [0.1, 0.15) is 11.6 Å². The first-order valence-corrected chi connectivity index (χ1v) is 10.0. The molecule has 144 valence electrons. The maximum Gasteiger partial charge on any atom is 0.302 e. The molecule has 7 heteroatoms. The summed E-state index contributed by atoms with van der Waals surface area (Å²) in [5.74, 6) is 0.421. The number of hydrogen-bond donors (Lipinski definition) is 0. The summed E-state index contributed by atoms with van der Waals surface area (Å²) in [6, 6.07) is 12.4. The van der Waals surface area contributed by atoms with Crippen LogP contribution in [0.15, 0.2) is 47.6 Å². The maximum absolute atomic E-state index is 13.6. The number of benzene rings is 2. The third-order valence-corrected chi connectivity index (χ3v) is 5.78. The fraction of sp³-hybridized carbons (Fsp3) is 0.286. The number of aromatic nitrogens is 2. The van der Waals surface area contributed by atoms with E-state index in [0.717, 1.165) is 27.9 Å². The van der Waals surface area contributed by atoms with E-state index in [1.165, 1.54) is 28.9 Å². The highest BCUT2D eigenvalue weighted by atomic mass is 32.2. The number of rotatable bonds is 3. The molecular weight excluding hydrogens is 375 g/mol. The topological polar surface area (TPSA) is 50.5 Å². The van der Waals surface area contributed by atoms with Gasteiger partial charge in [-0.2, -0.15) is 5.10 Å². The standard InChI is InChI=1S/C21H21FN4OS/c1-12(2)26-21(27)28-13(3)19(24-26)14-8-9-18-17(11-14)23-20(25(18)4)15-6-5-7-16(22)10-15/h5-13H,1-4H3. The molecule has 0 radical (unpaired) electrons. The Morgan fingerprint density at radius 1 is 1.14 bits per heavy atom. The minimum absolute atomic E-state index is 0.000612. The van der Waals surface area contributed by atoms with Crippen LogP contribution in [-0.2, 0) is 7.05 Å². The van der Waals surface area contributed by atoms with E-state index in [-0.39, 0.29) is 22.3 Å². The number of fused-ring (bicyclic) bond motifs is 1. The van der Waals surface area contributed by atoms with Crippen molar-refractivity contribution in [3.63, 3.8) is 0 Å². The highest BCUT2D eigenvalue weighted by Crippen LogP contribution is 2.30. The smallest absolute Gasteiger partial charge is 0.302 e. The van der Waals surface area contributed by atoms with Gasteiger partial charge in [0.25, 0.3) is 0 Å². The van der Waals surface area contributed by atoms with E-state index in [2.05, 4.69) is 5.10 Å². The molecule has 2 aromatic carbocycles. The van der Waals surface area contributed by atoms with Crippen molar-refractivity contribution in [3.8, 4) is 11.4 Å². The first-order chi connectivity index (χ1) is 13.3. The van der Waals surface area contributed by atoms with Gasteiger partial charge in [-0.15, -0.1) is 0 Å². The van der Waals surface area contributed by atoms with E-state index in [9.17, 15) is 9.18 Å². The van der Waals surface area contributed by atoms with Crippen molar-refractivity contribution in [3.05, 3.63) is 53.8 Å². The predicted molar refractivity (Wildman–Crippen MR) is 112 cm³/mol. The van der Waals surface area contributed by atoms with Gasteiger partial charge in [0, 0.05) is 18.2 Å². The maximum atomic E-state index is 13.6. The molecule has 28 heavy (non-hydrogen) atoms. The SMILES string of the molecule is CC1SC(=O)N(C(C)C)N=C1c1ccc2c(c1)nc(-c1cccc(F)c1)n2C. The summed E-state index contributed by atoms with van der Waals surface area (Å²) in [5, 5.41) is 6.08. The van der Waals surface area contributed by atoms with Crippen LogP contribution < -0.4 is 0 Å². The zero-order valence-corrected chi connectivity index (χ0v) is 17.0. The Morgan fingerprint density at radius 2 is 1.93 bits per heavy atom. The molecule has 0 spiro atoms. The number of carbonyl (C=O) groups is 1. The van der Waals surface area contributed by atoms with E-state index < -0.39 is 0 Å². The van der Waals surface area contributed by atoms with Crippen molar-refractivity contribution in [2.45, 2.75) is 32.1 Å². The van der Waals surface area contributed by atoms with Crippen LogP contribution in [0.4, 0.5) is 9.18 Å². The van der Waals surface area contributed by atoms with Gasteiger partial charge in [0.15, 0.2) is 0 Å². The van der Waals surface area contributed by atoms with Gasteiger partial charge in [0.2, 0.25) is 0 Å². The van der Waals surface area contributed by atoms with Crippen molar-refractivity contribution >= 4 is 33.7 Å². The first kappa shape index (κ1) is 18.7. The fourth-order valence-electron chi connectivity index (χ4n) is 3.36. The number of hydrazone groups is 1. The predicted octanol–water partition coefficient (Wildman–Crippen LogP) is 5.05. The first-order valence-electron chi connectivity index (χ1n) is 9.16. The van der Waals surface area contributed by atoms with Gasteiger partial charge in [-0.25, -0.2) is 14.4 Å². The summed E-state index contributed by atoms with van der Waals surface area (Å²) in [5.41, 5.74) is 4.30. The molecule has 0 N–H and O–H groups in total. The molecule has 0 fully saturated rings. The second-order valence-corrected chi connectivity index (χ2v) is 8.45. The van der Waals surface area contributed by atoms with Crippen LogP contribution in [0.1, 0.15) is 26.3 Å². The van der Waals surface area contributed by atoms with Crippen molar-refractivity contribution in [2.75, 3.05) is 0 Å². The van der Waals surface area contributed by atoms with E-state index in [1.807, 2.05) is 56.7 Å². The van der Waals surface area contributed by atoms with Gasteiger partial charge in [-0.1, -0.05) is 30.0 Å². The van der Waals surface area contributed by atoms with Crippen LogP contribution in [0.3, 0.4) is 0 Å². The molecule has 1 atom stereocenters. The Kier molecular flexibility index (Phi) is 4.71. The Balaban J connectivity index is 1.80. The molecule has 0 aliphatic carbocycles. The summed E-state index contributed by atoms with van der Waals surface area (Å²) >= 11 is 1.28. The molecule has 0 bridgehead atoms. The third-order valence-electron chi connectivity index (χ3n) is 4.81. The highest BCUT2D eigenvalue weighted by molar-refractivity contribution is 8.14. The minimum Gasteiger partial charge on any atom is -0.327 e. The van der Waals surface area contributed by atoms with Gasteiger partial charge in [0.05, 0.1) is 28.0 Å². The van der Waals surface area contributed by atoms with Crippen LogP contribution in [0, 0.1) is 5.82 Å². The molecule has 5 nitrogen and oxygen atoms in total. The van der Waals surface area contributed by atoms with E-state index in [0.29, 0.717) is 5.82 Å². The van der Waals surface area contributed by atoms with Crippen LogP contribution in [-0.4, -0.2) is 36.8 Å². The van der Waals surface area contributed by atoms with Crippen LogP contribution >= 0.6 is 11.8 Å². The molecular formula is C21H21FN4OS. The quantitative estimate of drug-likeness (QED) is 0.623. The van der Waals surface area contributed by atoms with Crippen molar-refractivity contribution in [1.82, 2.24) is 14.6 Å². The number of amides is 1. The number of carbonyl (C=O) groups excluding carboxylic acids is 1. The Labute approximate surface area is 167 Å². The third kappa shape index (κ3) is 3.20. The van der Waals surface area contributed by atoms with Gasteiger partial charge < -0.3 is 4.57 Å². The number of thioether (sulfide) groups is 1. The lowest BCUT2D eigenvalue weighted by Gasteiger charge is -2.29. The molecule has 4 rings (SSSR count). The molecule has 1 unspecified atom stereocenters. The average molecular weight is 396 g/mol. The molecule has 0 saturated carbocycles. The highest BCUT2D eigenvalue weighted by Gasteiger charge is 2.30. The summed E-state index contributed by atoms with van der Waals surface area (Å²) in [4.78, 5) is 16.9. The zero-order chi connectivity index (χ0) is 20.0. The minimum atomic E-state index is -0.286. The molecule has 2 heterocycles. The molecule has 1 aliphatic heterocycles. The second-order valence-electron chi connectivity index (χ2n) is 7.16. The van der Waals surface area contributed by atoms with Crippen molar-refractivity contribution < 1.29 is 9.18 Å². The number of hydrogen-bond acceptors (Lipinski definition) is 4. The Bertz CT molecular complexity index is 1100. The molecule has 1 aromatic heterocycles. The fourth-order valence-corrected chi connectivity index (χ4v) is 4.32. The van der Waals surface area contributed by atoms with E-state index in [1.54, 1.807) is 6.07 Å². The normalized spacial score (nSPS) is 17.5. The monoisotopic (exact) mass is 396 g/mol. The number of halogens is 1. The molecule has 3 aromatic rings. The van der Waals surface area contributed by atoms with Gasteiger partial charge >= 0.3 is 5.24 Å². The van der Waals surface area contributed by atoms with Gasteiger partial charge in [-0.3, -0.25) is 4.79 Å². The average Bonchev–Trinajstić information content (AvgIpc) is 2.97. The zero-order valence-electron chi connectivity index (χ0n) is 16.2. The Hall–Kier alpha value is -2.67. The number of imidazole rings is 1. The van der Waals surface area contributed by atoms with Gasteiger partial charge in [-0.05, 0) is 45.0 Å². The summed E-state index contributed by atoms with van der Waals surface area (Å²) in [6.45, 7) is 5.88. The lowest BCUT2D eigenvalue weighted by molar-refractivity contribution is 0.211. The van der Waals surface area contributed by atoms with Crippen molar-refractivity contribution in [1.29, 1.82) is 0 Å². The van der Waals surface area contributed by atoms with Crippen LogP contribution in [0.25, 0.3) is 22.4 Å². The molecule has 0 saturated heterocycles. The Morgan fingerprint density at radius 3 is 2.64 bits per heavy atom. The molecule has 1 aliphatic rings. The number of aryl methyl sites for hydroxylation is 1. The second kappa shape index (κ2) is 7.05. The molecule has 1 amide bonds. The van der Waals surface area contributed by atoms with Crippen LogP contribution in [0.5, 0.6) is 0 Å². The van der Waals surface area contributed by atoms with E-state index in [4.69, 9.17) is 4.98 Å². The van der Waals surface area contributed by atoms with E-state index >= 15 is 0 Å². The summed E-state index contributed by atoms with van der Waals surface area (Å²) < 4.78 is 15.6.